The van der Waals surface area contributed by atoms with Crippen LogP contribution in [0.4, 0.5) is 4.39 Å². The van der Waals surface area contributed by atoms with E-state index in [2.05, 4.69) is 20.9 Å². The molecule has 4 heteroatoms. The molecule has 2 aromatic rings. The van der Waals surface area contributed by atoms with E-state index in [1.165, 1.54) is 24.0 Å². The molecule has 0 atom stereocenters. The predicted molar refractivity (Wildman–Crippen MR) is 62.5 cm³/mol. The molecule has 0 saturated heterocycles. The maximum Gasteiger partial charge on any atom is 0.213 e. The fourth-order valence-corrected chi connectivity index (χ4v) is 2.56. The first-order valence-corrected chi connectivity index (χ1v) is 5.90. The van der Waals surface area contributed by atoms with Crippen molar-refractivity contribution in [3.8, 4) is 0 Å². The summed E-state index contributed by atoms with van der Waals surface area (Å²) in [5, 5.41) is 0. The molecule has 0 amide bonds. The molecule has 0 bridgehead atoms. The Morgan fingerprint density at radius 3 is 2.67 bits per heavy atom. The van der Waals surface area contributed by atoms with Crippen molar-refractivity contribution in [3.05, 3.63) is 53.0 Å². The summed E-state index contributed by atoms with van der Waals surface area (Å²) in [5.74, 6) is -0.449. The highest BCUT2D eigenvalue weighted by Crippen LogP contribution is 2.29. The molecule has 0 unspecified atom stereocenters. The lowest BCUT2D eigenvalue weighted by atomic mass is 10.4. The van der Waals surface area contributed by atoms with E-state index in [9.17, 15) is 4.39 Å². The SMILES string of the molecule is Fc1cc(Sc2cccc(Br)c2)ccn1. The van der Waals surface area contributed by atoms with Crippen molar-refractivity contribution in [1.29, 1.82) is 0 Å². The summed E-state index contributed by atoms with van der Waals surface area (Å²) in [5.41, 5.74) is 0. The lowest BCUT2D eigenvalue weighted by molar-refractivity contribution is 0.579. The fraction of sp³-hybridized carbons (Fsp3) is 0. The lowest BCUT2D eigenvalue weighted by Gasteiger charge is -2.01. The Morgan fingerprint density at radius 1 is 1.13 bits per heavy atom. The molecule has 0 aliphatic heterocycles. The van der Waals surface area contributed by atoms with Gasteiger partial charge in [-0.1, -0.05) is 33.8 Å². The monoisotopic (exact) mass is 283 g/mol. The van der Waals surface area contributed by atoms with Gasteiger partial charge >= 0.3 is 0 Å². The Morgan fingerprint density at radius 2 is 1.93 bits per heavy atom. The van der Waals surface area contributed by atoms with Crippen molar-refractivity contribution in [1.82, 2.24) is 4.98 Å². The number of benzene rings is 1. The number of aromatic nitrogens is 1. The van der Waals surface area contributed by atoms with E-state index in [0.29, 0.717) is 0 Å². The first-order valence-electron chi connectivity index (χ1n) is 4.29. The number of hydrogen-bond acceptors (Lipinski definition) is 2. The van der Waals surface area contributed by atoms with Crippen molar-refractivity contribution in [2.75, 3.05) is 0 Å². The zero-order valence-electron chi connectivity index (χ0n) is 7.65. The minimum Gasteiger partial charge on any atom is -0.228 e. The molecule has 0 spiro atoms. The number of nitrogens with zero attached hydrogens (tertiary/aromatic N) is 1. The van der Waals surface area contributed by atoms with Crippen molar-refractivity contribution in [2.24, 2.45) is 0 Å². The van der Waals surface area contributed by atoms with Gasteiger partial charge in [0.1, 0.15) is 0 Å². The van der Waals surface area contributed by atoms with Gasteiger partial charge in [-0.3, -0.25) is 0 Å². The number of rotatable bonds is 2. The smallest absolute Gasteiger partial charge is 0.213 e. The second kappa shape index (κ2) is 4.77. The molecule has 0 fully saturated rings. The molecular weight excluding hydrogens is 277 g/mol. The highest BCUT2D eigenvalue weighted by Gasteiger charge is 1.99. The molecule has 0 saturated carbocycles. The quantitative estimate of drug-likeness (QED) is 0.769. The van der Waals surface area contributed by atoms with Gasteiger partial charge in [0.05, 0.1) is 0 Å². The second-order valence-electron chi connectivity index (χ2n) is 2.87. The maximum atomic E-state index is 12.8. The summed E-state index contributed by atoms with van der Waals surface area (Å²) in [6.45, 7) is 0. The van der Waals surface area contributed by atoms with E-state index < -0.39 is 5.95 Å². The molecule has 0 aliphatic rings. The third-order valence-corrected chi connectivity index (χ3v) is 3.20. The van der Waals surface area contributed by atoms with Gasteiger partial charge in [0.15, 0.2) is 0 Å². The normalized spacial score (nSPS) is 10.3. The summed E-state index contributed by atoms with van der Waals surface area (Å²) in [4.78, 5) is 5.42. The van der Waals surface area contributed by atoms with Crippen molar-refractivity contribution in [3.63, 3.8) is 0 Å². The minimum absolute atomic E-state index is 0.449. The van der Waals surface area contributed by atoms with Gasteiger partial charge in [0.25, 0.3) is 0 Å². The Labute approximate surface area is 99.9 Å². The van der Waals surface area contributed by atoms with Gasteiger partial charge < -0.3 is 0 Å². The summed E-state index contributed by atoms with van der Waals surface area (Å²) < 4.78 is 13.8. The second-order valence-corrected chi connectivity index (χ2v) is 4.94. The molecule has 15 heavy (non-hydrogen) atoms. The Bertz CT molecular complexity index is 432. The van der Waals surface area contributed by atoms with E-state index in [0.717, 1.165) is 14.3 Å². The van der Waals surface area contributed by atoms with Crippen LogP contribution in [0.25, 0.3) is 0 Å². The van der Waals surface area contributed by atoms with Crippen LogP contribution in [0.1, 0.15) is 0 Å². The minimum atomic E-state index is -0.449. The van der Waals surface area contributed by atoms with Crippen molar-refractivity contribution < 1.29 is 4.39 Å². The highest BCUT2D eigenvalue weighted by atomic mass is 79.9. The molecule has 1 nitrogen and oxygen atoms in total. The maximum absolute atomic E-state index is 12.8. The van der Waals surface area contributed by atoms with Crippen LogP contribution in [0.3, 0.4) is 0 Å². The summed E-state index contributed by atoms with van der Waals surface area (Å²) >= 11 is 4.90. The van der Waals surface area contributed by atoms with Crippen LogP contribution < -0.4 is 0 Å². The lowest BCUT2D eigenvalue weighted by Crippen LogP contribution is -1.81. The first kappa shape index (κ1) is 10.6. The van der Waals surface area contributed by atoms with Gasteiger partial charge in [-0.15, -0.1) is 0 Å². The fourth-order valence-electron chi connectivity index (χ4n) is 1.11. The Balaban J connectivity index is 2.22. The third kappa shape index (κ3) is 3.04. The summed E-state index contributed by atoms with van der Waals surface area (Å²) in [6.07, 6.45) is 1.47. The van der Waals surface area contributed by atoms with E-state index in [1.54, 1.807) is 6.07 Å². The van der Waals surface area contributed by atoms with Crippen LogP contribution in [0.2, 0.25) is 0 Å². The summed E-state index contributed by atoms with van der Waals surface area (Å²) in [6, 6.07) is 11.1. The van der Waals surface area contributed by atoms with Gasteiger partial charge in [-0.25, -0.2) is 4.98 Å². The average molecular weight is 284 g/mol. The Kier molecular flexibility index (Phi) is 3.38. The molecule has 0 radical (unpaired) electrons. The number of halogens is 2. The topological polar surface area (TPSA) is 12.9 Å². The predicted octanol–water partition coefficient (Wildman–Crippen LogP) is 4.13. The van der Waals surface area contributed by atoms with E-state index in [1.807, 2.05) is 24.3 Å². The average Bonchev–Trinajstić information content (AvgIpc) is 2.17. The largest absolute Gasteiger partial charge is 0.228 e. The van der Waals surface area contributed by atoms with Gasteiger partial charge in [0, 0.05) is 26.5 Å². The molecule has 0 aliphatic carbocycles. The van der Waals surface area contributed by atoms with E-state index in [-0.39, 0.29) is 0 Å². The van der Waals surface area contributed by atoms with E-state index >= 15 is 0 Å². The van der Waals surface area contributed by atoms with Crippen molar-refractivity contribution in [2.45, 2.75) is 9.79 Å². The first-order chi connectivity index (χ1) is 7.24. The van der Waals surface area contributed by atoms with Gasteiger partial charge in [-0.2, -0.15) is 4.39 Å². The van der Waals surface area contributed by atoms with Crippen LogP contribution in [-0.4, -0.2) is 4.98 Å². The van der Waals surface area contributed by atoms with Crippen LogP contribution in [-0.2, 0) is 0 Å². The van der Waals surface area contributed by atoms with Crippen LogP contribution in [0.5, 0.6) is 0 Å². The standard InChI is InChI=1S/C11H7BrFNS/c12-8-2-1-3-9(6-8)15-10-4-5-14-11(13)7-10/h1-7H. The number of pyridine rings is 1. The zero-order valence-corrected chi connectivity index (χ0v) is 10.1. The van der Waals surface area contributed by atoms with Crippen LogP contribution in [0.15, 0.2) is 56.9 Å². The molecule has 1 heterocycles. The molecule has 0 N–H and O–H groups in total. The third-order valence-electron chi connectivity index (χ3n) is 1.73. The van der Waals surface area contributed by atoms with Crippen LogP contribution >= 0.6 is 27.7 Å². The van der Waals surface area contributed by atoms with E-state index in [4.69, 9.17) is 0 Å². The van der Waals surface area contributed by atoms with Gasteiger partial charge in [0.2, 0.25) is 5.95 Å². The molecule has 1 aromatic carbocycles. The highest BCUT2D eigenvalue weighted by molar-refractivity contribution is 9.10. The van der Waals surface area contributed by atoms with Gasteiger partial charge in [-0.05, 0) is 24.3 Å². The summed E-state index contributed by atoms with van der Waals surface area (Å²) in [7, 11) is 0. The Hall–Kier alpha value is -0.870. The molecule has 1 aromatic heterocycles. The zero-order chi connectivity index (χ0) is 10.7. The molecule has 76 valence electrons. The molecular formula is C11H7BrFNS. The molecule has 2 rings (SSSR count). The number of hydrogen-bond donors (Lipinski definition) is 0. The van der Waals surface area contributed by atoms with Crippen LogP contribution in [0, 0.1) is 5.95 Å². The van der Waals surface area contributed by atoms with Crippen molar-refractivity contribution >= 4 is 27.7 Å².